The van der Waals surface area contributed by atoms with Crippen LogP contribution >= 0.6 is 0 Å². The minimum Gasteiger partial charge on any atom is -0.462 e. The molecular weight excluding hydrogens is 420 g/mol. The lowest BCUT2D eigenvalue weighted by Gasteiger charge is -2.43. The molecule has 4 nitrogen and oxygen atoms in total. The summed E-state index contributed by atoms with van der Waals surface area (Å²) in [6.07, 6.45) is -0.630. The van der Waals surface area contributed by atoms with E-state index in [9.17, 15) is 0 Å². The highest BCUT2D eigenvalue weighted by atomic mass is 16.6. The van der Waals surface area contributed by atoms with Crippen molar-refractivity contribution in [3.8, 4) is 11.5 Å². The molecule has 0 aromatic heterocycles. The van der Waals surface area contributed by atoms with E-state index in [1.807, 2.05) is 0 Å². The van der Waals surface area contributed by atoms with Crippen LogP contribution in [0.1, 0.15) is 105 Å². The highest BCUT2D eigenvalue weighted by Crippen LogP contribution is 2.48. The van der Waals surface area contributed by atoms with E-state index in [1.165, 1.54) is 22.3 Å². The van der Waals surface area contributed by atoms with Gasteiger partial charge in [0, 0.05) is 11.1 Å². The zero-order valence-corrected chi connectivity index (χ0v) is 23.3. The molecule has 2 aromatic rings. The van der Waals surface area contributed by atoms with Crippen molar-refractivity contribution < 1.29 is 9.47 Å². The van der Waals surface area contributed by atoms with Crippen LogP contribution in [0.4, 0.5) is 11.4 Å². The number of hydrogen-bond donors (Lipinski definition) is 2. The molecule has 0 saturated heterocycles. The van der Waals surface area contributed by atoms with Gasteiger partial charge >= 0.3 is 0 Å². The number of hydrogen-bond acceptors (Lipinski definition) is 4. The molecule has 2 heterocycles. The molecule has 2 N–H and O–H groups in total. The molecule has 186 valence electrons. The molecule has 2 aromatic carbocycles. The van der Waals surface area contributed by atoms with Crippen LogP contribution in [0.25, 0.3) is 0 Å². The van der Waals surface area contributed by atoms with Gasteiger partial charge in [0.25, 0.3) is 0 Å². The third kappa shape index (κ3) is 4.48. The van der Waals surface area contributed by atoms with Gasteiger partial charge in [0.1, 0.15) is 11.5 Å². The van der Waals surface area contributed by atoms with Gasteiger partial charge in [-0.05, 0) is 44.9 Å². The molecule has 4 rings (SSSR count). The maximum Gasteiger partial charge on any atom is 0.226 e. The van der Waals surface area contributed by atoms with Crippen LogP contribution in [0, 0.1) is 0 Å². The first-order valence-electron chi connectivity index (χ1n) is 12.6. The second-order valence-corrected chi connectivity index (χ2v) is 14.2. The second kappa shape index (κ2) is 7.57. The Bertz CT molecular complexity index is 1020. The number of anilines is 2. The molecule has 0 radical (unpaired) electrons. The molecule has 0 amide bonds. The summed E-state index contributed by atoms with van der Waals surface area (Å²) in [6, 6.07) is 9.09. The van der Waals surface area contributed by atoms with Crippen LogP contribution in [0.15, 0.2) is 24.3 Å². The Hall–Kier alpha value is -2.36. The Morgan fingerprint density at radius 2 is 0.824 bits per heavy atom. The molecule has 2 atom stereocenters. The van der Waals surface area contributed by atoms with E-state index in [-0.39, 0.29) is 34.1 Å². The smallest absolute Gasteiger partial charge is 0.226 e. The number of nitrogens with one attached hydrogen (secondary N) is 2. The van der Waals surface area contributed by atoms with Gasteiger partial charge in [0.15, 0.2) is 0 Å². The maximum atomic E-state index is 6.67. The minimum absolute atomic E-state index is 0.0363. The van der Waals surface area contributed by atoms with Crippen LogP contribution in [0.2, 0.25) is 0 Å². The zero-order chi connectivity index (χ0) is 25.4. The van der Waals surface area contributed by atoms with Crippen LogP contribution in [-0.4, -0.2) is 12.5 Å². The van der Waals surface area contributed by atoms with E-state index in [2.05, 4.69) is 118 Å². The molecule has 2 aliphatic heterocycles. The monoisotopic (exact) mass is 464 g/mol. The highest BCUT2D eigenvalue weighted by Gasteiger charge is 2.41. The van der Waals surface area contributed by atoms with E-state index in [0.717, 1.165) is 22.9 Å². The maximum absolute atomic E-state index is 6.67. The summed E-state index contributed by atoms with van der Waals surface area (Å²) >= 11 is 0. The highest BCUT2D eigenvalue weighted by molar-refractivity contribution is 5.70. The number of ether oxygens (including phenoxy) is 2. The molecular formula is C30H44N2O2. The van der Waals surface area contributed by atoms with Crippen LogP contribution in [-0.2, 0) is 21.7 Å². The van der Waals surface area contributed by atoms with Gasteiger partial charge in [-0.3, -0.25) is 0 Å². The van der Waals surface area contributed by atoms with Crippen LogP contribution < -0.4 is 20.1 Å². The van der Waals surface area contributed by atoms with Crippen molar-refractivity contribution in [3.63, 3.8) is 0 Å². The van der Waals surface area contributed by atoms with Crippen molar-refractivity contribution in [2.24, 2.45) is 0 Å². The first-order chi connectivity index (χ1) is 15.4. The largest absolute Gasteiger partial charge is 0.462 e. The lowest BCUT2D eigenvalue weighted by Crippen LogP contribution is -2.53. The SMILES string of the molecule is CC(C)(C)c1cc2c(c(C(C)(C)C)c1)OC1Nc3cc(C(C)(C)C)cc(C(C)(C)C)c3OC1N2. The van der Waals surface area contributed by atoms with Crippen molar-refractivity contribution in [2.45, 2.75) is 117 Å². The fourth-order valence-electron chi connectivity index (χ4n) is 4.60. The van der Waals surface area contributed by atoms with Gasteiger partial charge in [0.2, 0.25) is 12.5 Å². The molecule has 2 aliphatic rings. The summed E-state index contributed by atoms with van der Waals surface area (Å²) in [5.41, 5.74) is 7.00. The lowest BCUT2D eigenvalue weighted by molar-refractivity contribution is 0.0668. The average Bonchev–Trinajstić information content (AvgIpc) is 2.66. The Kier molecular flexibility index (Phi) is 5.51. The van der Waals surface area contributed by atoms with Gasteiger partial charge in [0.05, 0.1) is 11.4 Å². The molecule has 0 spiro atoms. The Morgan fingerprint density at radius 3 is 1.09 bits per heavy atom. The number of benzene rings is 2. The van der Waals surface area contributed by atoms with Crippen LogP contribution in [0.3, 0.4) is 0 Å². The van der Waals surface area contributed by atoms with Crippen molar-refractivity contribution in [1.82, 2.24) is 0 Å². The molecule has 34 heavy (non-hydrogen) atoms. The summed E-state index contributed by atoms with van der Waals surface area (Å²) in [5.74, 6) is 1.84. The van der Waals surface area contributed by atoms with E-state index in [4.69, 9.17) is 9.47 Å². The van der Waals surface area contributed by atoms with Gasteiger partial charge in [-0.15, -0.1) is 0 Å². The molecule has 0 aliphatic carbocycles. The lowest BCUT2D eigenvalue weighted by atomic mass is 9.79. The van der Waals surface area contributed by atoms with Crippen molar-refractivity contribution >= 4 is 11.4 Å². The zero-order valence-electron chi connectivity index (χ0n) is 23.3. The third-order valence-electron chi connectivity index (χ3n) is 6.89. The van der Waals surface area contributed by atoms with Crippen LogP contribution in [0.5, 0.6) is 11.5 Å². The topological polar surface area (TPSA) is 42.5 Å². The summed E-state index contributed by atoms with van der Waals surface area (Å²) < 4.78 is 13.3. The quantitative estimate of drug-likeness (QED) is 0.417. The standard InChI is InChI=1S/C30H44N2O2/c1-27(2,3)17-13-19(29(7,8)9)23-21(15-17)31-25-26(33-23)32-22-16-18(28(4,5)6)14-20(24(22)34-25)30(10,11)12/h13-16,25-26,31-32H,1-12H3. The summed E-state index contributed by atoms with van der Waals surface area (Å²) in [6.45, 7) is 27.0. The predicted octanol–water partition coefficient (Wildman–Crippen LogP) is 7.84. The Balaban J connectivity index is 1.81. The molecule has 0 fully saturated rings. The average molecular weight is 465 g/mol. The second-order valence-electron chi connectivity index (χ2n) is 14.2. The third-order valence-corrected chi connectivity index (χ3v) is 6.89. The number of rotatable bonds is 0. The van der Waals surface area contributed by atoms with Crippen molar-refractivity contribution in [2.75, 3.05) is 10.6 Å². The van der Waals surface area contributed by atoms with Crippen molar-refractivity contribution in [1.29, 1.82) is 0 Å². The first-order valence-corrected chi connectivity index (χ1v) is 12.6. The van der Waals surface area contributed by atoms with E-state index in [0.29, 0.717) is 0 Å². The summed E-state index contributed by atoms with van der Waals surface area (Å²) in [5, 5.41) is 7.36. The van der Waals surface area contributed by atoms with Gasteiger partial charge in [-0.1, -0.05) is 95.2 Å². The minimum atomic E-state index is -0.315. The molecule has 4 heteroatoms. The van der Waals surface area contributed by atoms with Gasteiger partial charge < -0.3 is 20.1 Å². The number of fused-ring (bicyclic) bond motifs is 3. The van der Waals surface area contributed by atoms with E-state index < -0.39 is 0 Å². The first kappa shape index (κ1) is 24.8. The normalized spacial score (nSPS) is 20.1. The Morgan fingerprint density at radius 1 is 0.500 bits per heavy atom. The molecule has 0 bridgehead atoms. The molecule has 2 unspecified atom stereocenters. The molecule has 0 saturated carbocycles. The Labute approximate surface area is 206 Å². The van der Waals surface area contributed by atoms with Gasteiger partial charge in [-0.25, -0.2) is 0 Å². The fourth-order valence-corrected chi connectivity index (χ4v) is 4.60. The van der Waals surface area contributed by atoms with E-state index >= 15 is 0 Å². The fraction of sp³-hybridized carbons (Fsp3) is 0.600. The summed E-state index contributed by atoms with van der Waals surface area (Å²) in [7, 11) is 0. The van der Waals surface area contributed by atoms with E-state index in [1.54, 1.807) is 0 Å². The predicted molar refractivity (Wildman–Crippen MR) is 144 cm³/mol. The van der Waals surface area contributed by atoms with Crippen molar-refractivity contribution in [3.05, 3.63) is 46.5 Å². The van der Waals surface area contributed by atoms with Gasteiger partial charge in [-0.2, -0.15) is 0 Å². The summed E-state index contributed by atoms with van der Waals surface area (Å²) in [4.78, 5) is 0.